The van der Waals surface area contributed by atoms with Gasteiger partial charge in [0.15, 0.2) is 0 Å². The molecule has 0 amide bonds. The van der Waals surface area contributed by atoms with Gasteiger partial charge < -0.3 is 5.11 Å². The van der Waals surface area contributed by atoms with Crippen LogP contribution in [0.3, 0.4) is 0 Å². The third-order valence-electron chi connectivity index (χ3n) is 5.10. The highest BCUT2D eigenvalue weighted by Crippen LogP contribution is 2.46. The predicted octanol–water partition coefficient (Wildman–Crippen LogP) is 4.58. The third kappa shape index (κ3) is 3.60. The first-order valence-electron chi connectivity index (χ1n) is 7.70. The summed E-state index contributed by atoms with van der Waals surface area (Å²) in [6.45, 7) is 7.16. The van der Waals surface area contributed by atoms with Crippen LogP contribution in [0.1, 0.15) is 52.0 Å². The van der Waals surface area contributed by atoms with E-state index in [0.717, 1.165) is 30.7 Å². The smallest absolute Gasteiger partial charge is 0.123 e. The van der Waals surface area contributed by atoms with Crippen molar-refractivity contribution in [2.75, 3.05) is 6.61 Å². The molecule has 0 radical (unpaired) electrons. The summed E-state index contributed by atoms with van der Waals surface area (Å²) in [7, 11) is 0. The molecule has 0 spiro atoms. The molecule has 2 rings (SSSR count). The minimum atomic E-state index is -0.191. The normalized spacial score (nSPS) is 27.6. The Labute approximate surface area is 122 Å². The van der Waals surface area contributed by atoms with Crippen LogP contribution in [0.4, 0.5) is 4.39 Å². The third-order valence-corrected chi connectivity index (χ3v) is 5.10. The Bertz CT molecular complexity index is 422. The number of halogens is 1. The van der Waals surface area contributed by atoms with Gasteiger partial charge in [-0.05, 0) is 66.5 Å². The largest absolute Gasteiger partial charge is 0.396 e. The SMILES string of the molecule is CC(C)(C)C1CCC(CO)(Cc2ccc(F)cc2)CC1. The Kier molecular flexibility index (Phi) is 4.53. The first-order valence-corrected chi connectivity index (χ1v) is 7.70. The van der Waals surface area contributed by atoms with Crippen molar-refractivity contribution in [3.05, 3.63) is 35.6 Å². The van der Waals surface area contributed by atoms with Crippen molar-refractivity contribution in [3.8, 4) is 0 Å². The van der Waals surface area contributed by atoms with E-state index in [9.17, 15) is 9.50 Å². The van der Waals surface area contributed by atoms with Crippen molar-refractivity contribution < 1.29 is 9.50 Å². The zero-order valence-corrected chi connectivity index (χ0v) is 13.0. The van der Waals surface area contributed by atoms with Gasteiger partial charge >= 0.3 is 0 Å². The number of aliphatic hydroxyl groups is 1. The molecular formula is C18H27FO. The minimum Gasteiger partial charge on any atom is -0.396 e. The van der Waals surface area contributed by atoms with E-state index < -0.39 is 0 Å². The number of aliphatic hydroxyl groups excluding tert-OH is 1. The molecule has 1 N–H and O–H groups in total. The Morgan fingerprint density at radius 2 is 1.70 bits per heavy atom. The van der Waals surface area contributed by atoms with E-state index in [2.05, 4.69) is 20.8 Å². The summed E-state index contributed by atoms with van der Waals surface area (Å²) >= 11 is 0. The molecule has 0 atom stereocenters. The molecule has 112 valence electrons. The van der Waals surface area contributed by atoms with Crippen LogP contribution >= 0.6 is 0 Å². The maximum atomic E-state index is 13.0. The second kappa shape index (κ2) is 5.85. The second-order valence-electron chi connectivity index (χ2n) is 7.60. The van der Waals surface area contributed by atoms with E-state index >= 15 is 0 Å². The van der Waals surface area contributed by atoms with Gasteiger partial charge in [-0.3, -0.25) is 0 Å². The summed E-state index contributed by atoms with van der Waals surface area (Å²) in [6.07, 6.45) is 5.38. The van der Waals surface area contributed by atoms with Gasteiger partial charge in [0.1, 0.15) is 5.82 Å². The first-order chi connectivity index (χ1) is 9.35. The fraction of sp³-hybridized carbons (Fsp3) is 0.667. The minimum absolute atomic E-state index is 0.000417. The Morgan fingerprint density at radius 1 is 1.15 bits per heavy atom. The van der Waals surface area contributed by atoms with Crippen molar-refractivity contribution in [1.82, 2.24) is 0 Å². The molecule has 1 saturated carbocycles. The molecule has 20 heavy (non-hydrogen) atoms. The van der Waals surface area contributed by atoms with Crippen LogP contribution in [0.25, 0.3) is 0 Å². The molecule has 0 aromatic heterocycles. The van der Waals surface area contributed by atoms with Crippen LogP contribution in [0.2, 0.25) is 0 Å². The molecule has 1 fully saturated rings. The van der Waals surface area contributed by atoms with E-state index in [-0.39, 0.29) is 17.8 Å². The number of hydrogen-bond acceptors (Lipinski definition) is 1. The molecule has 1 nitrogen and oxygen atoms in total. The van der Waals surface area contributed by atoms with Crippen molar-refractivity contribution >= 4 is 0 Å². The quantitative estimate of drug-likeness (QED) is 0.858. The number of benzene rings is 1. The monoisotopic (exact) mass is 278 g/mol. The zero-order chi connectivity index (χ0) is 14.8. The lowest BCUT2D eigenvalue weighted by Gasteiger charge is -2.43. The topological polar surface area (TPSA) is 20.2 Å². The molecule has 2 heteroatoms. The lowest BCUT2D eigenvalue weighted by molar-refractivity contribution is 0.0369. The van der Waals surface area contributed by atoms with Gasteiger partial charge in [0.25, 0.3) is 0 Å². The van der Waals surface area contributed by atoms with E-state index in [4.69, 9.17) is 0 Å². The van der Waals surface area contributed by atoms with Gasteiger partial charge in [-0.15, -0.1) is 0 Å². The summed E-state index contributed by atoms with van der Waals surface area (Å²) in [5.74, 6) is 0.554. The molecule has 0 bridgehead atoms. The Balaban J connectivity index is 2.03. The summed E-state index contributed by atoms with van der Waals surface area (Å²) in [5.41, 5.74) is 1.49. The van der Waals surface area contributed by atoms with Gasteiger partial charge in [-0.1, -0.05) is 32.9 Å². The average Bonchev–Trinajstić information content (AvgIpc) is 2.41. The molecule has 1 aromatic rings. The zero-order valence-electron chi connectivity index (χ0n) is 13.0. The highest BCUT2D eigenvalue weighted by molar-refractivity contribution is 5.18. The molecular weight excluding hydrogens is 251 g/mol. The lowest BCUT2D eigenvalue weighted by Crippen LogP contribution is -2.36. The Morgan fingerprint density at radius 3 is 2.15 bits per heavy atom. The van der Waals surface area contributed by atoms with E-state index in [1.807, 2.05) is 12.1 Å². The van der Waals surface area contributed by atoms with Gasteiger partial charge in [0.2, 0.25) is 0 Å². The number of hydrogen-bond donors (Lipinski definition) is 1. The molecule has 1 aliphatic rings. The van der Waals surface area contributed by atoms with Crippen LogP contribution < -0.4 is 0 Å². The van der Waals surface area contributed by atoms with E-state index in [1.54, 1.807) is 0 Å². The maximum Gasteiger partial charge on any atom is 0.123 e. The highest BCUT2D eigenvalue weighted by Gasteiger charge is 2.38. The van der Waals surface area contributed by atoms with Crippen LogP contribution in [-0.2, 0) is 6.42 Å². The van der Waals surface area contributed by atoms with Crippen LogP contribution in [0, 0.1) is 22.6 Å². The summed E-state index contributed by atoms with van der Waals surface area (Å²) in [6, 6.07) is 6.73. The highest BCUT2D eigenvalue weighted by atomic mass is 19.1. The van der Waals surface area contributed by atoms with Crippen molar-refractivity contribution in [1.29, 1.82) is 0 Å². The van der Waals surface area contributed by atoms with Gasteiger partial charge in [0, 0.05) is 6.61 Å². The fourth-order valence-corrected chi connectivity index (χ4v) is 3.52. The van der Waals surface area contributed by atoms with Crippen LogP contribution in [-0.4, -0.2) is 11.7 Å². The molecule has 1 aliphatic carbocycles. The fourth-order valence-electron chi connectivity index (χ4n) is 3.52. The van der Waals surface area contributed by atoms with Crippen LogP contribution in [0.15, 0.2) is 24.3 Å². The summed E-state index contributed by atoms with van der Waals surface area (Å²) in [5, 5.41) is 9.87. The van der Waals surface area contributed by atoms with Crippen LogP contribution in [0.5, 0.6) is 0 Å². The summed E-state index contributed by atoms with van der Waals surface area (Å²) < 4.78 is 13.0. The van der Waals surface area contributed by atoms with Crippen molar-refractivity contribution in [3.63, 3.8) is 0 Å². The molecule has 0 saturated heterocycles. The standard InChI is InChI=1S/C18H27FO/c1-17(2,3)15-8-10-18(13-20,11-9-15)12-14-4-6-16(19)7-5-14/h4-7,15,20H,8-13H2,1-3H3. The molecule has 0 aliphatic heterocycles. The first kappa shape index (κ1) is 15.5. The van der Waals surface area contributed by atoms with Gasteiger partial charge in [-0.25, -0.2) is 4.39 Å². The maximum absolute atomic E-state index is 13.0. The van der Waals surface area contributed by atoms with Crippen molar-refractivity contribution in [2.45, 2.75) is 52.9 Å². The lowest BCUT2D eigenvalue weighted by atomic mass is 9.62. The van der Waals surface area contributed by atoms with Gasteiger partial charge in [0.05, 0.1) is 0 Å². The van der Waals surface area contributed by atoms with Crippen molar-refractivity contribution in [2.24, 2.45) is 16.7 Å². The van der Waals surface area contributed by atoms with Gasteiger partial charge in [-0.2, -0.15) is 0 Å². The number of rotatable bonds is 3. The van der Waals surface area contributed by atoms with E-state index in [0.29, 0.717) is 5.41 Å². The molecule has 0 unspecified atom stereocenters. The second-order valence-corrected chi connectivity index (χ2v) is 7.60. The molecule has 1 aromatic carbocycles. The predicted molar refractivity (Wildman–Crippen MR) is 81.0 cm³/mol. The molecule has 0 heterocycles. The average molecular weight is 278 g/mol. The summed E-state index contributed by atoms with van der Waals surface area (Å²) in [4.78, 5) is 0. The van der Waals surface area contributed by atoms with E-state index in [1.165, 1.54) is 25.0 Å². The Hall–Kier alpha value is -0.890.